The van der Waals surface area contributed by atoms with E-state index in [1.807, 2.05) is 6.07 Å². The zero-order valence-electron chi connectivity index (χ0n) is 9.58. The quantitative estimate of drug-likeness (QED) is 0.832. The molecule has 0 N–H and O–H groups in total. The van der Waals surface area contributed by atoms with Crippen molar-refractivity contribution < 1.29 is 9.18 Å². The summed E-state index contributed by atoms with van der Waals surface area (Å²) in [6, 6.07) is 5.84. The highest BCUT2D eigenvalue weighted by atomic mass is 35.5. The summed E-state index contributed by atoms with van der Waals surface area (Å²) in [5.41, 5.74) is 0.0798. The Morgan fingerprint density at radius 2 is 2.29 bits per heavy atom. The predicted octanol–water partition coefficient (Wildman–Crippen LogP) is 2.99. The van der Waals surface area contributed by atoms with E-state index in [2.05, 4.69) is 0 Å². The molecule has 1 atom stereocenters. The van der Waals surface area contributed by atoms with Crippen LogP contribution in [0.5, 0.6) is 0 Å². The van der Waals surface area contributed by atoms with Gasteiger partial charge in [0.2, 0.25) is 5.91 Å². The van der Waals surface area contributed by atoms with Gasteiger partial charge in [-0.25, -0.2) is 4.39 Å². The normalized spacial score (nSPS) is 11.7. The molecule has 0 aliphatic rings. The molecule has 0 saturated carbocycles. The maximum atomic E-state index is 13.5. The molecule has 1 unspecified atom stereocenters. The molecule has 0 fully saturated rings. The van der Waals surface area contributed by atoms with Gasteiger partial charge in [-0.3, -0.25) is 4.79 Å². The fourth-order valence-corrected chi connectivity index (χ4v) is 1.58. The summed E-state index contributed by atoms with van der Waals surface area (Å²) in [5, 5.41) is 9.14. The number of hydrogen-bond donors (Lipinski definition) is 0. The minimum Gasteiger partial charge on any atom is -0.312 e. The molecule has 1 aromatic carbocycles. The standard InChI is InChI=1S/C12H12ClFN2O/c1-3-8(7-15)12(17)16(2)11-6-9(13)4-5-10(11)14/h4-6,8H,3H2,1-2H3. The number of nitriles is 1. The van der Waals surface area contributed by atoms with Crippen molar-refractivity contribution in [3.63, 3.8) is 0 Å². The zero-order chi connectivity index (χ0) is 13.0. The van der Waals surface area contributed by atoms with Gasteiger partial charge in [0, 0.05) is 12.1 Å². The Hall–Kier alpha value is -1.60. The number of carbonyl (C=O) groups is 1. The minimum absolute atomic E-state index is 0.0798. The van der Waals surface area contributed by atoms with Gasteiger partial charge in [-0.05, 0) is 24.6 Å². The molecular formula is C12H12ClFN2O. The van der Waals surface area contributed by atoms with Crippen LogP contribution >= 0.6 is 11.6 Å². The molecule has 0 heterocycles. The van der Waals surface area contributed by atoms with Crippen molar-refractivity contribution in [1.29, 1.82) is 5.26 Å². The third-order valence-electron chi connectivity index (χ3n) is 2.46. The van der Waals surface area contributed by atoms with Crippen LogP contribution in [0.15, 0.2) is 18.2 Å². The molecular weight excluding hydrogens is 243 g/mol. The van der Waals surface area contributed by atoms with E-state index in [1.165, 1.54) is 25.2 Å². The zero-order valence-corrected chi connectivity index (χ0v) is 10.3. The fourth-order valence-electron chi connectivity index (χ4n) is 1.42. The first-order valence-electron chi connectivity index (χ1n) is 5.13. The fraction of sp³-hybridized carbons (Fsp3) is 0.333. The molecule has 3 nitrogen and oxygen atoms in total. The summed E-state index contributed by atoms with van der Waals surface area (Å²) in [6.07, 6.45) is 0.391. The van der Waals surface area contributed by atoms with Gasteiger partial charge in [0.15, 0.2) is 0 Å². The molecule has 90 valence electrons. The highest BCUT2D eigenvalue weighted by molar-refractivity contribution is 6.30. The van der Waals surface area contributed by atoms with Gasteiger partial charge in [0.1, 0.15) is 11.7 Å². The van der Waals surface area contributed by atoms with E-state index in [-0.39, 0.29) is 5.69 Å². The number of carbonyl (C=O) groups excluding carboxylic acids is 1. The van der Waals surface area contributed by atoms with Crippen molar-refractivity contribution in [2.24, 2.45) is 5.92 Å². The summed E-state index contributed by atoms with van der Waals surface area (Å²) < 4.78 is 13.5. The van der Waals surface area contributed by atoms with Gasteiger partial charge in [0.05, 0.1) is 11.8 Å². The van der Waals surface area contributed by atoms with Gasteiger partial charge < -0.3 is 4.90 Å². The lowest BCUT2D eigenvalue weighted by Crippen LogP contribution is -2.32. The highest BCUT2D eigenvalue weighted by Gasteiger charge is 2.22. The third kappa shape index (κ3) is 2.95. The average Bonchev–Trinajstić information content (AvgIpc) is 2.32. The van der Waals surface area contributed by atoms with Crippen molar-refractivity contribution in [2.75, 3.05) is 11.9 Å². The summed E-state index contributed by atoms with van der Waals surface area (Å²) >= 11 is 5.74. The Bertz CT molecular complexity index is 470. The van der Waals surface area contributed by atoms with E-state index in [0.717, 1.165) is 4.90 Å². The Morgan fingerprint density at radius 1 is 1.65 bits per heavy atom. The molecule has 1 rings (SSSR count). The predicted molar refractivity (Wildman–Crippen MR) is 64.2 cm³/mol. The molecule has 0 aliphatic carbocycles. The first-order chi connectivity index (χ1) is 8.01. The second-order valence-electron chi connectivity index (χ2n) is 3.58. The second kappa shape index (κ2) is 5.65. The van der Waals surface area contributed by atoms with E-state index in [1.54, 1.807) is 6.92 Å². The lowest BCUT2D eigenvalue weighted by Gasteiger charge is -2.20. The van der Waals surface area contributed by atoms with Crippen LogP contribution < -0.4 is 4.90 Å². The summed E-state index contributed by atoms with van der Waals surface area (Å²) in [4.78, 5) is 13.0. The van der Waals surface area contributed by atoms with Crippen LogP contribution in [0.3, 0.4) is 0 Å². The Morgan fingerprint density at radius 3 is 2.82 bits per heavy atom. The largest absolute Gasteiger partial charge is 0.312 e. The van der Waals surface area contributed by atoms with Gasteiger partial charge in [-0.1, -0.05) is 18.5 Å². The molecule has 1 aromatic rings. The van der Waals surface area contributed by atoms with E-state index in [4.69, 9.17) is 16.9 Å². The van der Waals surface area contributed by atoms with Crippen LogP contribution in [0.4, 0.5) is 10.1 Å². The molecule has 0 bridgehead atoms. The average molecular weight is 255 g/mol. The summed E-state index contributed by atoms with van der Waals surface area (Å²) in [5.74, 6) is -1.74. The Balaban J connectivity index is 3.04. The molecule has 0 saturated heterocycles. The number of nitrogens with zero attached hydrogens (tertiary/aromatic N) is 2. The van der Waals surface area contributed by atoms with Crippen LogP contribution in [-0.4, -0.2) is 13.0 Å². The van der Waals surface area contributed by atoms with Gasteiger partial charge >= 0.3 is 0 Å². The molecule has 0 aromatic heterocycles. The van der Waals surface area contributed by atoms with Gasteiger partial charge in [0.25, 0.3) is 0 Å². The molecule has 0 spiro atoms. The van der Waals surface area contributed by atoms with Crippen LogP contribution in [0.1, 0.15) is 13.3 Å². The van der Waals surface area contributed by atoms with Crippen LogP contribution in [0.25, 0.3) is 0 Å². The SMILES string of the molecule is CCC(C#N)C(=O)N(C)c1cc(Cl)ccc1F. The Labute approximate surface area is 104 Å². The first-order valence-corrected chi connectivity index (χ1v) is 5.51. The summed E-state index contributed by atoms with van der Waals surface area (Å²) in [7, 11) is 1.43. The van der Waals surface area contributed by atoms with Crippen molar-refractivity contribution in [3.05, 3.63) is 29.0 Å². The van der Waals surface area contributed by atoms with Crippen LogP contribution in [0.2, 0.25) is 5.02 Å². The van der Waals surface area contributed by atoms with Crippen LogP contribution in [-0.2, 0) is 4.79 Å². The minimum atomic E-state index is -0.765. The molecule has 5 heteroatoms. The maximum absolute atomic E-state index is 13.5. The van der Waals surface area contributed by atoms with Crippen molar-refractivity contribution in [3.8, 4) is 6.07 Å². The Kier molecular flexibility index (Phi) is 4.47. The molecule has 1 amide bonds. The van der Waals surface area contributed by atoms with Crippen molar-refractivity contribution in [2.45, 2.75) is 13.3 Å². The number of rotatable bonds is 3. The molecule has 0 radical (unpaired) electrons. The lowest BCUT2D eigenvalue weighted by atomic mass is 10.1. The van der Waals surface area contributed by atoms with Crippen molar-refractivity contribution >= 4 is 23.2 Å². The van der Waals surface area contributed by atoms with E-state index >= 15 is 0 Å². The number of hydrogen-bond acceptors (Lipinski definition) is 2. The highest BCUT2D eigenvalue weighted by Crippen LogP contribution is 2.24. The number of amides is 1. The smallest absolute Gasteiger partial charge is 0.244 e. The van der Waals surface area contributed by atoms with Gasteiger partial charge in [-0.15, -0.1) is 0 Å². The van der Waals surface area contributed by atoms with E-state index in [9.17, 15) is 9.18 Å². The maximum Gasteiger partial charge on any atom is 0.244 e. The third-order valence-corrected chi connectivity index (χ3v) is 2.70. The number of halogens is 2. The number of anilines is 1. The van der Waals surface area contributed by atoms with Crippen molar-refractivity contribution in [1.82, 2.24) is 0 Å². The lowest BCUT2D eigenvalue weighted by molar-refractivity contribution is -0.120. The summed E-state index contributed by atoms with van der Waals surface area (Å²) in [6.45, 7) is 1.73. The monoisotopic (exact) mass is 254 g/mol. The molecule has 17 heavy (non-hydrogen) atoms. The van der Waals surface area contributed by atoms with E-state index in [0.29, 0.717) is 11.4 Å². The number of benzene rings is 1. The first kappa shape index (κ1) is 13.5. The van der Waals surface area contributed by atoms with Crippen LogP contribution in [0, 0.1) is 23.1 Å². The second-order valence-corrected chi connectivity index (χ2v) is 4.02. The van der Waals surface area contributed by atoms with E-state index < -0.39 is 17.6 Å². The molecule has 0 aliphatic heterocycles. The topological polar surface area (TPSA) is 44.1 Å². The van der Waals surface area contributed by atoms with Gasteiger partial charge in [-0.2, -0.15) is 5.26 Å².